The van der Waals surface area contributed by atoms with E-state index in [9.17, 15) is 0 Å². The Morgan fingerprint density at radius 2 is 2.50 bits per heavy atom. The molecular weight excluding hydrogens is 154 g/mol. The lowest BCUT2D eigenvalue weighted by Gasteiger charge is -2.22. The average molecular weight is 171 g/mol. The molecule has 0 aliphatic carbocycles. The first-order chi connectivity index (χ1) is 5.70. The van der Waals surface area contributed by atoms with Crippen LogP contribution < -0.4 is 0 Å². The zero-order valence-electron chi connectivity index (χ0n) is 7.88. The molecular formula is C9H17NO2. The van der Waals surface area contributed by atoms with Crippen LogP contribution in [0.5, 0.6) is 0 Å². The number of hydrogen-bond donors (Lipinski definition) is 0. The summed E-state index contributed by atoms with van der Waals surface area (Å²) in [6.45, 7) is 10.9. The van der Waals surface area contributed by atoms with E-state index in [1.165, 1.54) is 0 Å². The molecule has 0 radical (unpaired) electrons. The first-order valence-electron chi connectivity index (χ1n) is 4.28. The van der Waals surface area contributed by atoms with Crippen molar-refractivity contribution in [3.63, 3.8) is 0 Å². The Labute approximate surface area is 74.0 Å². The van der Waals surface area contributed by atoms with Crippen molar-refractivity contribution in [1.29, 1.82) is 0 Å². The van der Waals surface area contributed by atoms with E-state index in [-0.39, 0.29) is 6.23 Å². The largest absolute Gasteiger partial charge is 0.365 e. The van der Waals surface area contributed by atoms with Crippen molar-refractivity contribution in [1.82, 2.24) is 4.90 Å². The highest BCUT2D eigenvalue weighted by atomic mass is 16.5. The lowest BCUT2D eigenvalue weighted by atomic mass is 10.4. The molecule has 1 aliphatic heterocycles. The van der Waals surface area contributed by atoms with Crippen LogP contribution in [0.25, 0.3) is 0 Å². The van der Waals surface area contributed by atoms with Crippen LogP contribution >= 0.6 is 0 Å². The van der Waals surface area contributed by atoms with Crippen LogP contribution in [0.3, 0.4) is 0 Å². The van der Waals surface area contributed by atoms with E-state index in [1.54, 1.807) is 0 Å². The first kappa shape index (κ1) is 9.71. The summed E-state index contributed by atoms with van der Waals surface area (Å²) in [6, 6.07) is 0. The van der Waals surface area contributed by atoms with Gasteiger partial charge in [0, 0.05) is 6.54 Å². The van der Waals surface area contributed by atoms with Crippen molar-refractivity contribution in [2.24, 2.45) is 0 Å². The number of nitrogens with zero attached hydrogens (tertiary/aromatic N) is 1. The van der Waals surface area contributed by atoms with Gasteiger partial charge in [0.15, 0.2) is 0 Å². The van der Waals surface area contributed by atoms with Gasteiger partial charge in [-0.1, -0.05) is 12.2 Å². The van der Waals surface area contributed by atoms with Crippen molar-refractivity contribution < 1.29 is 9.47 Å². The maximum absolute atomic E-state index is 5.53. The maximum atomic E-state index is 5.53. The summed E-state index contributed by atoms with van der Waals surface area (Å²) < 4.78 is 10.7. The fraction of sp³-hybridized carbons (Fsp3) is 0.778. The van der Waals surface area contributed by atoms with Gasteiger partial charge in [-0.2, -0.15) is 0 Å². The van der Waals surface area contributed by atoms with Crippen molar-refractivity contribution in [3.8, 4) is 0 Å². The molecule has 1 heterocycles. The second-order valence-electron chi connectivity index (χ2n) is 3.22. The lowest BCUT2D eigenvalue weighted by Crippen LogP contribution is -2.33. The molecule has 70 valence electrons. The minimum Gasteiger partial charge on any atom is -0.365 e. The van der Waals surface area contributed by atoms with E-state index in [4.69, 9.17) is 9.47 Å². The van der Waals surface area contributed by atoms with Gasteiger partial charge in [0.2, 0.25) is 0 Å². The second-order valence-corrected chi connectivity index (χ2v) is 3.22. The molecule has 0 N–H and O–H groups in total. The highest BCUT2D eigenvalue weighted by Gasteiger charge is 2.18. The minimum atomic E-state index is 0.143. The third kappa shape index (κ3) is 2.93. The standard InChI is InChI=1S/C9H17NO2/c1-8(2)6-12-9(3)10-4-5-11-7-10/h9H,1,4-7H2,2-3H3. The van der Waals surface area contributed by atoms with Crippen LogP contribution in [0.1, 0.15) is 13.8 Å². The van der Waals surface area contributed by atoms with Gasteiger partial charge in [-0.3, -0.25) is 4.90 Å². The molecule has 3 heteroatoms. The van der Waals surface area contributed by atoms with Crippen molar-refractivity contribution in [2.75, 3.05) is 26.5 Å². The normalized spacial score (nSPS) is 21.2. The lowest BCUT2D eigenvalue weighted by molar-refractivity contribution is -0.0444. The maximum Gasteiger partial charge on any atom is 0.110 e. The second kappa shape index (κ2) is 4.60. The van der Waals surface area contributed by atoms with Crippen LogP contribution in [0.2, 0.25) is 0 Å². The molecule has 0 aromatic heterocycles. The van der Waals surface area contributed by atoms with E-state index < -0.39 is 0 Å². The molecule has 3 nitrogen and oxygen atoms in total. The number of rotatable bonds is 4. The number of hydrogen-bond acceptors (Lipinski definition) is 3. The van der Waals surface area contributed by atoms with Gasteiger partial charge in [-0.25, -0.2) is 0 Å². The van der Waals surface area contributed by atoms with Crippen LogP contribution in [-0.2, 0) is 9.47 Å². The van der Waals surface area contributed by atoms with Crippen LogP contribution in [0.15, 0.2) is 12.2 Å². The summed E-state index contributed by atoms with van der Waals surface area (Å²) in [5, 5.41) is 0. The zero-order chi connectivity index (χ0) is 8.97. The average Bonchev–Trinajstić information content (AvgIpc) is 2.51. The minimum absolute atomic E-state index is 0.143. The summed E-state index contributed by atoms with van der Waals surface area (Å²) in [4.78, 5) is 2.16. The smallest absolute Gasteiger partial charge is 0.110 e. The molecule has 1 aliphatic rings. The molecule has 0 bridgehead atoms. The van der Waals surface area contributed by atoms with Gasteiger partial charge in [0.25, 0.3) is 0 Å². The molecule has 0 spiro atoms. The Morgan fingerprint density at radius 3 is 3.00 bits per heavy atom. The van der Waals surface area contributed by atoms with E-state index in [0.29, 0.717) is 13.3 Å². The monoisotopic (exact) mass is 171 g/mol. The van der Waals surface area contributed by atoms with E-state index in [2.05, 4.69) is 11.5 Å². The van der Waals surface area contributed by atoms with Crippen LogP contribution in [0, 0.1) is 0 Å². The Kier molecular flexibility index (Phi) is 3.72. The topological polar surface area (TPSA) is 21.7 Å². The summed E-state index contributed by atoms with van der Waals surface area (Å²) in [7, 11) is 0. The van der Waals surface area contributed by atoms with Crippen LogP contribution in [-0.4, -0.2) is 37.6 Å². The fourth-order valence-corrected chi connectivity index (χ4v) is 1.08. The van der Waals surface area contributed by atoms with Crippen molar-refractivity contribution in [3.05, 3.63) is 12.2 Å². The molecule has 1 saturated heterocycles. The van der Waals surface area contributed by atoms with E-state index in [0.717, 1.165) is 18.7 Å². The van der Waals surface area contributed by atoms with Gasteiger partial charge >= 0.3 is 0 Å². The Morgan fingerprint density at radius 1 is 1.75 bits per heavy atom. The summed E-state index contributed by atoms with van der Waals surface area (Å²) >= 11 is 0. The Hall–Kier alpha value is -0.380. The van der Waals surface area contributed by atoms with Gasteiger partial charge < -0.3 is 9.47 Å². The third-order valence-electron chi connectivity index (χ3n) is 1.87. The molecule has 0 saturated carbocycles. The molecule has 0 aromatic rings. The molecule has 1 atom stereocenters. The van der Waals surface area contributed by atoms with Crippen LogP contribution in [0.4, 0.5) is 0 Å². The molecule has 12 heavy (non-hydrogen) atoms. The SMILES string of the molecule is C=C(C)COC(C)N1CCOC1. The fourth-order valence-electron chi connectivity index (χ4n) is 1.08. The zero-order valence-corrected chi connectivity index (χ0v) is 7.88. The first-order valence-corrected chi connectivity index (χ1v) is 4.28. The van der Waals surface area contributed by atoms with Gasteiger partial charge in [-0.15, -0.1) is 0 Å². The van der Waals surface area contributed by atoms with E-state index >= 15 is 0 Å². The summed E-state index contributed by atoms with van der Waals surface area (Å²) in [6.07, 6.45) is 0.143. The van der Waals surface area contributed by atoms with Gasteiger partial charge in [0.1, 0.15) is 13.0 Å². The van der Waals surface area contributed by atoms with Crippen molar-refractivity contribution >= 4 is 0 Å². The molecule has 0 amide bonds. The summed E-state index contributed by atoms with van der Waals surface area (Å²) in [5.74, 6) is 0. The number of ether oxygens (including phenoxy) is 2. The molecule has 1 unspecified atom stereocenters. The van der Waals surface area contributed by atoms with E-state index in [1.807, 2.05) is 13.8 Å². The highest BCUT2D eigenvalue weighted by Crippen LogP contribution is 2.07. The Bertz CT molecular complexity index is 153. The predicted octanol–water partition coefficient (Wildman–Crippen LogP) is 1.21. The van der Waals surface area contributed by atoms with Crippen molar-refractivity contribution in [2.45, 2.75) is 20.1 Å². The molecule has 1 rings (SSSR count). The molecule has 0 aromatic carbocycles. The quantitative estimate of drug-likeness (QED) is 0.593. The highest BCUT2D eigenvalue weighted by molar-refractivity contribution is 4.87. The molecule has 1 fully saturated rings. The Balaban J connectivity index is 2.17. The predicted molar refractivity (Wildman–Crippen MR) is 47.8 cm³/mol. The summed E-state index contributed by atoms with van der Waals surface area (Å²) in [5.41, 5.74) is 1.06. The third-order valence-corrected chi connectivity index (χ3v) is 1.87. The van der Waals surface area contributed by atoms with Gasteiger partial charge in [-0.05, 0) is 13.8 Å². The van der Waals surface area contributed by atoms with Gasteiger partial charge in [0.05, 0.1) is 13.2 Å².